The van der Waals surface area contributed by atoms with Gasteiger partial charge in [-0.3, -0.25) is 4.90 Å². The second-order valence-electron chi connectivity index (χ2n) is 4.89. The van der Waals surface area contributed by atoms with Gasteiger partial charge in [0.25, 0.3) is 0 Å². The van der Waals surface area contributed by atoms with Crippen LogP contribution in [-0.2, 0) is 4.74 Å². The van der Waals surface area contributed by atoms with Crippen molar-refractivity contribution in [3.63, 3.8) is 0 Å². The van der Waals surface area contributed by atoms with Gasteiger partial charge in [0.2, 0.25) is 0 Å². The second-order valence-corrected chi connectivity index (χ2v) is 4.89. The van der Waals surface area contributed by atoms with Crippen LogP contribution >= 0.6 is 0 Å². The summed E-state index contributed by atoms with van der Waals surface area (Å²) in [4.78, 5) is 2.42. The summed E-state index contributed by atoms with van der Waals surface area (Å²) in [6, 6.07) is 0. The third-order valence-electron chi connectivity index (χ3n) is 2.79. The maximum atomic E-state index is 5.52. The average molecular weight is 194 g/mol. The molecule has 0 radical (unpaired) electrons. The Kier molecular flexibility index (Phi) is 2.07. The molecule has 3 heteroatoms. The van der Waals surface area contributed by atoms with Gasteiger partial charge in [-0.15, -0.1) is 0 Å². The maximum Gasteiger partial charge on any atom is 0.190 e. The van der Waals surface area contributed by atoms with E-state index in [-0.39, 0.29) is 5.54 Å². The van der Waals surface area contributed by atoms with Gasteiger partial charge in [-0.2, -0.15) is 0 Å². The van der Waals surface area contributed by atoms with E-state index < -0.39 is 0 Å². The molecule has 0 aromatic carbocycles. The van der Waals surface area contributed by atoms with E-state index in [1.54, 1.807) is 0 Å². The van der Waals surface area contributed by atoms with Crippen LogP contribution in [0.2, 0.25) is 0 Å². The fourth-order valence-corrected chi connectivity index (χ4v) is 1.88. The SMILES string of the molecule is C=C1NC2=C(CN(C(C)(C)C)CC2)O1. The van der Waals surface area contributed by atoms with Crippen molar-refractivity contribution >= 4 is 0 Å². The van der Waals surface area contributed by atoms with Crippen molar-refractivity contribution in [3.8, 4) is 0 Å². The highest BCUT2D eigenvalue weighted by atomic mass is 16.5. The lowest BCUT2D eigenvalue weighted by atomic mass is 10.0. The highest BCUT2D eigenvalue weighted by Crippen LogP contribution is 2.28. The minimum Gasteiger partial charge on any atom is -0.443 e. The van der Waals surface area contributed by atoms with Crippen LogP contribution in [0.5, 0.6) is 0 Å². The molecule has 0 aliphatic carbocycles. The molecular formula is C11H18N2O. The van der Waals surface area contributed by atoms with Gasteiger partial charge in [0.1, 0.15) is 5.76 Å². The number of nitrogens with zero attached hydrogens (tertiary/aromatic N) is 1. The molecule has 0 saturated carbocycles. The molecule has 0 amide bonds. The molecule has 3 nitrogen and oxygen atoms in total. The first-order chi connectivity index (χ1) is 6.47. The minimum atomic E-state index is 0.214. The van der Waals surface area contributed by atoms with E-state index in [2.05, 4.69) is 37.6 Å². The second kappa shape index (κ2) is 3.02. The van der Waals surface area contributed by atoms with Crippen LogP contribution in [0.1, 0.15) is 27.2 Å². The number of nitrogens with one attached hydrogen (secondary N) is 1. The van der Waals surface area contributed by atoms with Crippen molar-refractivity contribution in [1.82, 2.24) is 10.2 Å². The zero-order valence-corrected chi connectivity index (χ0v) is 9.18. The van der Waals surface area contributed by atoms with Gasteiger partial charge in [-0.05, 0) is 27.4 Å². The third kappa shape index (κ3) is 1.64. The fraction of sp³-hybridized carbons (Fsp3) is 0.636. The lowest BCUT2D eigenvalue weighted by Crippen LogP contribution is -2.45. The Morgan fingerprint density at radius 2 is 2.14 bits per heavy atom. The van der Waals surface area contributed by atoms with Crippen LogP contribution in [-0.4, -0.2) is 23.5 Å². The first-order valence-electron chi connectivity index (χ1n) is 5.07. The summed E-state index contributed by atoms with van der Waals surface area (Å²) in [5.41, 5.74) is 1.43. The molecule has 14 heavy (non-hydrogen) atoms. The predicted molar refractivity (Wildman–Crippen MR) is 56.3 cm³/mol. The summed E-state index contributed by atoms with van der Waals surface area (Å²) in [6.45, 7) is 12.5. The molecule has 2 rings (SSSR count). The molecule has 2 aliphatic rings. The molecule has 0 bridgehead atoms. The molecule has 1 N–H and O–H groups in total. The van der Waals surface area contributed by atoms with Crippen LogP contribution < -0.4 is 5.32 Å². The smallest absolute Gasteiger partial charge is 0.190 e. The summed E-state index contributed by atoms with van der Waals surface area (Å²) in [7, 11) is 0. The molecule has 0 fully saturated rings. The molecule has 2 heterocycles. The molecule has 0 atom stereocenters. The summed E-state index contributed by atoms with van der Waals surface area (Å²) >= 11 is 0. The van der Waals surface area contributed by atoms with E-state index >= 15 is 0 Å². The largest absolute Gasteiger partial charge is 0.443 e. The number of hydrogen-bond donors (Lipinski definition) is 1. The molecule has 0 saturated heterocycles. The first kappa shape index (κ1) is 9.59. The highest BCUT2D eigenvalue weighted by Gasteiger charge is 2.31. The van der Waals surface area contributed by atoms with Crippen molar-refractivity contribution < 1.29 is 4.74 Å². The Balaban J connectivity index is 2.10. The Morgan fingerprint density at radius 1 is 1.43 bits per heavy atom. The molecule has 0 unspecified atom stereocenters. The lowest BCUT2D eigenvalue weighted by Gasteiger charge is -2.37. The van der Waals surface area contributed by atoms with Gasteiger partial charge < -0.3 is 10.1 Å². The van der Waals surface area contributed by atoms with Crippen molar-refractivity contribution in [2.24, 2.45) is 0 Å². The number of ether oxygens (including phenoxy) is 1. The van der Waals surface area contributed by atoms with Crippen LogP contribution in [0.25, 0.3) is 0 Å². The Hall–Kier alpha value is -0.960. The minimum absolute atomic E-state index is 0.214. The van der Waals surface area contributed by atoms with Gasteiger partial charge in [-0.1, -0.05) is 0 Å². The summed E-state index contributed by atoms with van der Waals surface area (Å²) < 4.78 is 5.52. The Morgan fingerprint density at radius 3 is 2.79 bits per heavy atom. The standard InChI is InChI=1S/C11H18N2O/c1-8-12-9-5-6-13(11(2,3)4)7-10(9)14-8/h12H,1,5-7H2,2-4H3. The highest BCUT2D eigenvalue weighted by molar-refractivity contribution is 5.22. The average Bonchev–Trinajstić information content (AvgIpc) is 2.41. The van der Waals surface area contributed by atoms with Crippen molar-refractivity contribution in [2.75, 3.05) is 13.1 Å². The zero-order valence-electron chi connectivity index (χ0n) is 9.18. The van der Waals surface area contributed by atoms with E-state index in [0.29, 0.717) is 5.88 Å². The molecule has 0 spiro atoms. The maximum absolute atomic E-state index is 5.52. The van der Waals surface area contributed by atoms with E-state index in [1.165, 1.54) is 5.70 Å². The number of hydrogen-bond acceptors (Lipinski definition) is 3. The van der Waals surface area contributed by atoms with Crippen LogP contribution in [0.15, 0.2) is 23.9 Å². The molecule has 78 valence electrons. The third-order valence-corrected chi connectivity index (χ3v) is 2.79. The Bertz CT molecular complexity index is 299. The molecule has 0 aromatic rings. The van der Waals surface area contributed by atoms with Gasteiger partial charge >= 0.3 is 0 Å². The predicted octanol–water partition coefficient (Wildman–Crippen LogP) is 1.79. The van der Waals surface area contributed by atoms with Gasteiger partial charge in [0.15, 0.2) is 5.88 Å². The quantitative estimate of drug-likeness (QED) is 0.636. The summed E-state index contributed by atoms with van der Waals surface area (Å²) in [6.07, 6.45) is 1.03. The normalized spacial score (nSPS) is 23.2. The zero-order chi connectivity index (χ0) is 10.3. The van der Waals surface area contributed by atoms with E-state index in [4.69, 9.17) is 4.74 Å². The van der Waals surface area contributed by atoms with E-state index in [9.17, 15) is 0 Å². The van der Waals surface area contributed by atoms with Gasteiger partial charge in [0.05, 0.1) is 12.2 Å². The van der Waals surface area contributed by atoms with Crippen molar-refractivity contribution in [2.45, 2.75) is 32.7 Å². The van der Waals surface area contributed by atoms with Crippen LogP contribution in [0.4, 0.5) is 0 Å². The monoisotopic (exact) mass is 194 g/mol. The molecular weight excluding hydrogens is 176 g/mol. The van der Waals surface area contributed by atoms with Crippen LogP contribution in [0, 0.1) is 0 Å². The van der Waals surface area contributed by atoms with Gasteiger partial charge in [-0.25, -0.2) is 0 Å². The van der Waals surface area contributed by atoms with Crippen molar-refractivity contribution in [1.29, 1.82) is 0 Å². The molecule has 0 aromatic heterocycles. The lowest BCUT2D eigenvalue weighted by molar-refractivity contribution is 0.120. The van der Waals surface area contributed by atoms with Crippen LogP contribution in [0.3, 0.4) is 0 Å². The summed E-state index contributed by atoms with van der Waals surface area (Å²) in [5.74, 6) is 1.72. The van der Waals surface area contributed by atoms with Gasteiger partial charge in [0, 0.05) is 18.5 Å². The first-order valence-corrected chi connectivity index (χ1v) is 5.07. The van der Waals surface area contributed by atoms with E-state index in [0.717, 1.165) is 25.3 Å². The Labute approximate surface area is 85.4 Å². The van der Waals surface area contributed by atoms with E-state index in [1.807, 2.05) is 0 Å². The molecule has 2 aliphatic heterocycles. The number of rotatable bonds is 0. The van der Waals surface area contributed by atoms with Crippen molar-refractivity contribution in [3.05, 3.63) is 23.9 Å². The topological polar surface area (TPSA) is 24.5 Å². The summed E-state index contributed by atoms with van der Waals surface area (Å²) in [5, 5.41) is 3.16. The fourth-order valence-electron chi connectivity index (χ4n) is 1.88.